The van der Waals surface area contributed by atoms with Crippen molar-refractivity contribution in [2.24, 2.45) is 0 Å². The lowest BCUT2D eigenvalue weighted by molar-refractivity contribution is -0.128. The summed E-state index contributed by atoms with van der Waals surface area (Å²) >= 11 is 0. The third-order valence-electron chi connectivity index (χ3n) is 4.17. The highest BCUT2D eigenvalue weighted by Gasteiger charge is 2.18. The highest BCUT2D eigenvalue weighted by molar-refractivity contribution is 5.96. The molecule has 0 spiro atoms. The Hall–Kier alpha value is -3.36. The van der Waals surface area contributed by atoms with E-state index in [0.717, 1.165) is 11.1 Å². The fourth-order valence-electron chi connectivity index (χ4n) is 2.39. The minimum absolute atomic E-state index is 0.0455. The average molecular weight is 408 g/mol. The second kappa shape index (κ2) is 9.72. The van der Waals surface area contributed by atoms with Gasteiger partial charge >= 0.3 is 6.61 Å². The molecular formula is C20H22F2N2O5. The van der Waals surface area contributed by atoms with E-state index in [-0.39, 0.29) is 17.1 Å². The zero-order valence-electron chi connectivity index (χ0n) is 16.4. The average Bonchev–Trinajstić information content (AvgIpc) is 2.69. The van der Waals surface area contributed by atoms with Gasteiger partial charge in [-0.3, -0.25) is 20.4 Å². The smallest absolute Gasteiger partial charge is 0.387 e. The van der Waals surface area contributed by atoms with Crippen molar-refractivity contribution in [3.8, 4) is 17.2 Å². The Balaban J connectivity index is 1.97. The monoisotopic (exact) mass is 408 g/mol. The van der Waals surface area contributed by atoms with Crippen LogP contribution in [0.3, 0.4) is 0 Å². The molecule has 0 saturated carbocycles. The molecule has 0 unspecified atom stereocenters. The number of ether oxygens (including phenoxy) is 3. The molecule has 0 radical (unpaired) electrons. The Labute approximate surface area is 166 Å². The first-order chi connectivity index (χ1) is 13.7. The number of aryl methyl sites for hydroxylation is 1. The van der Waals surface area contributed by atoms with Gasteiger partial charge in [-0.25, -0.2) is 0 Å². The lowest BCUT2D eigenvalue weighted by Crippen LogP contribution is -2.47. The van der Waals surface area contributed by atoms with Crippen molar-refractivity contribution in [2.45, 2.75) is 33.5 Å². The van der Waals surface area contributed by atoms with Crippen LogP contribution in [0.1, 0.15) is 28.4 Å². The first-order valence-corrected chi connectivity index (χ1v) is 8.68. The number of rotatable bonds is 7. The molecule has 2 N–H and O–H groups in total. The van der Waals surface area contributed by atoms with Crippen LogP contribution < -0.4 is 25.1 Å². The fraction of sp³-hybridized carbons (Fsp3) is 0.300. The molecule has 0 fully saturated rings. The maximum Gasteiger partial charge on any atom is 0.387 e. The summed E-state index contributed by atoms with van der Waals surface area (Å²) in [5.41, 5.74) is 6.52. The molecule has 0 aliphatic heterocycles. The Morgan fingerprint density at radius 1 is 0.966 bits per heavy atom. The maximum atomic E-state index is 12.4. The summed E-state index contributed by atoms with van der Waals surface area (Å²) in [5.74, 6) is -0.920. The van der Waals surface area contributed by atoms with Gasteiger partial charge < -0.3 is 14.2 Å². The van der Waals surface area contributed by atoms with Crippen molar-refractivity contribution < 1.29 is 32.6 Å². The van der Waals surface area contributed by atoms with E-state index in [1.165, 1.54) is 25.3 Å². The number of alkyl halides is 2. The Kier molecular flexibility index (Phi) is 7.35. The normalized spacial score (nSPS) is 11.6. The zero-order valence-corrected chi connectivity index (χ0v) is 16.4. The van der Waals surface area contributed by atoms with Gasteiger partial charge in [-0.15, -0.1) is 0 Å². The first kappa shape index (κ1) is 21.9. The molecule has 9 heteroatoms. The third-order valence-corrected chi connectivity index (χ3v) is 4.17. The largest absolute Gasteiger partial charge is 0.493 e. The van der Waals surface area contributed by atoms with Gasteiger partial charge in [-0.1, -0.05) is 12.1 Å². The van der Waals surface area contributed by atoms with E-state index in [1.54, 1.807) is 13.0 Å². The summed E-state index contributed by atoms with van der Waals surface area (Å²) in [6.07, 6.45) is -0.868. The predicted molar refractivity (Wildman–Crippen MR) is 101 cm³/mol. The summed E-state index contributed by atoms with van der Waals surface area (Å²) in [5, 5.41) is 0. The van der Waals surface area contributed by atoms with Crippen molar-refractivity contribution >= 4 is 11.8 Å². The number of hydrogen-bond donors (Lipinski definition) is 2. The van der Waals surface area contributed by atoms with Gasteiger partial charge in [-0.05, 0) is 56.2 Å². The van der Waals surface area contributed by atoms with Gasteiger partial charge in [-0.2, -0.15) is 8.78 Å². The molecule has 7 nitrogen and oxygen atoms in total. The predicted octanol–water partition coefficient (Wildman–Crippen LogP) is 3.14. The minimum Gasteiger partial charge on any atom is -0.493 e. The molecule has 2 aromatic carbocycles. The summed E-state index contributed by atoms with van der Waals surface area (Å²) < 4.78 is 39.6. The van der Waals surface area contributed by atoms with Gasteiger partial charge in [0.05, 0.1) is 7.11 Å². The van der Waals surface area contributed by atoms with Crippen LogP contribution >= 0.6 is 0 Å². The number of benzene rings is 2. The number of methoxy groups -OCH3 is 1. The van der Waals surface area contributed by atoms with Crippen LogP contribution in [0.15, 0.2) is 36.4 Å². The molecule has 29 heavy (non-hydrogen) atoms. The lowest BCUT2D eigenvalue weighted by atomic mass is 10.1. The Morgan fingerprint density at radius 2 is 1.69 bits per heavy atom. The summed E-state index contributed by atoms with van der Waals surface area (Å²) in [6.45, 7) is 2.33. The second-order valence-corrected chi connectivity index (χ2v) is 6.15. The topological polar surface area (TPSA) is 85.9 Å². The standard InChI is InChI=1S/C20H22F2N2O5/c1-11-6-5-7-15(12(11)2)28-13(3)18(25)23-24-19(26)14-8-9-16(29-20(21)22)17(10-14)27-4/h5-10,13,20H,1-4H3,(H,23,25)(H,24,26)/t13-/m0/s1. The lowest BCUT2D eigenvalue weighted by Gasteiger charge is -2.17. The van der Waals surface area contributed by atoms with E-state index in [2.05, 4.69) is 15.6 Å². The molecule has 2 rings (SSSR count). The van der Waals surface area contributed by atoms with Crippen LogP contribution in [0.2, 0.25) is 0 Å². The molecule has 0 bridgehead atoms. The molecule has 0 heterocycles. The van der Waals surface area contributed by atoms with Gasteiger partial charge in [0.2, 0.25) is 0 Å². The highest BCUT2D eigenvalue weighted by Crippen LogP contribution is 2.29. The summed E-state index contributed by atoms with van der Waals surface area (Å²) in [6, 6.07) is 9.15. The van der Waals surface area contributed by atoms with Gasteiger partial charge in [0.1, 0.15) is 5.75 Å². The molecule has 0 saturated heterocycles. The maximum absolute atomic E-state index is 12.4. The van der Waals surface area contributed by atoms with Crippen molar-refractivity contribution in [2.75, 3.05) is 7.11 Å². The van der Waals surface area contributed by atoms with Crippen molar-refractivity contribution in [1.82, 2.24) is 10.9 Å². The van der Waals surface area contributed by atoms with Crippen LogP contribution in [-0.2, 0) is 4.79 Å². The van der Waals surface area contributed by atoms with E-state index < -0.39 is 24.5 Å². The molecule has 2 aromatic rings. The van der Waals surface area contributed by atoms with Crippen molar-refractivity contribution in [3.63, 3.8) is 0 Å². The molecule has 2 amide bonds. The van der Waals surface area contributed by atoms with E-state index in [0.29, 0.717) is 5.75 Å². The molecule has 0 aliphatic rings. The Morgan fingerprint density at radius 3 is 2.34 bits per heavy atom. The fourth-order valence-corrected chi connectivity index (χ4v) is 2.39. The third kappa shape index (κ3) is 5.81. The number of carbonyl (C=O) groups excluding carboxylic acids is 2. The molecule has 156 valence electrons. The Bertz CT molecular complexity index is 889. The van der Waals surface area contributed by atoms with Gasteiger partial charge in [0, 0.05) is 5.56 Å². The SMILES string of the molecule is COc1cc(C(=O)NNC(=O)[C@H](C)Oc2cccc(C)c2C)ccc1OC(F)F. The highest BCUT2D eigenvalue weighted by atomic mass is 19.3. The van der Waals surface area contributed by atoms with Crippen molar-refractivity contribution in [1.29, 1.82) is 0 Å². The molecular weight excluding hydrogens is 386 g/mol. The van der Waals surface area contributed by atoms with E-state index in [4.69, 9.17) is 9.47 Å². The number of amides is 2. The van der Waals surface area contributed by atoms with E-state index >= 15 is 0 Å². The molecule has 0 aliphatic carbocycles. The summed E-state index contributed by atoms with van der Waals surface area (Å²) in [7, 11) is 1.25. The van der Waals surface area contributed by atoms with Crippen LogP contribution in [-0.4, -0.2) is 31.6 Å². The molecule has 0 aromatic heterocycles. The number of nitrogens with one attached hydrogen (secondary N) is 2. The van der Waals surface area contributed by atoms with Crippen LogP contribution in [0.5, 0.6) is 17.2 Å². The quantitative estimate of drug-likeness (QED) is 0.688. The van der Waals surface area contributed by atoms with Gasteiger partial charge in [0.25, 0.3) is 11.8 Å². The number of hydrazine groups is 1. The van der Waals surface area contributed by atoms with Crippen molar-refractivity contribution in [3.05, 3.63) is 53.1 Å². The second-order valence-electron chi connectivity index (χ2n) is 6.15. The number of carbonyl (C=O) groups is 2. The van der Waals surface area contributed by atoms with Crippen LogP contribution in [0.25, 0.3) is 0 Å². The van der Waals surface area contributed by atoms with E-state index in [9.17, 15) is 18.4 Å². The molecule has 1 atom stereocenters. The zero-order chi connectivity index (χ0) is 21.6. The first-order valence-electron chi connectivity index (χ1n) is 8.68. The summed E-state index contributed by atoms with van der Waals surface area (Å²) in [4.78, 5) is 24.4. The number of hydrogen-bond acceptors (Lipinski definition) is 5. The minimum atomic E-state index is -3.03. The number of halogens is 2. The van der Waals surface area contributed by atoms with E-state index in [1.807, 2.05) is 26.0 Å². The van der Waals surface area contributed by atoms with Crippen LogP contribution in [0.4, 0.5) is 8.78 Å². The van der Waals surface area contributed by atoms with Crippen LogP contribution in [0, 0.1) is 13.8 Å². The van der Waals surface area contributed by atoms with Gasteiger partial charge in [0.15, 0.2) is 17.6 Å².